The highest BCUT2D eigenvalue weighted by molar-refractivity contribution is 5.81. The molecule has 0 spiro atoms. The number of nitrogens with zero attached hydrogens (tertiary/aromatic N) is 2. The molecule has 0 saturated heterocycles. The molecule has 2 aromatic heterocycles. The first kappa shape index (κ1) is 6.71. The summed E-state index contributed by atoms with van der Waals surface area (Å²) in [5.74, 6) is 0.922. The second kappa shape index (κ2) is 2.36. The topological polar surface area (TPSA) is 30.4 Å². The molecule has 0 radical (unpaired) electrons. The zero-order chi connectivity index (χ0) is 8.67. The van der Waals surface area contributed by atoms with E-state index in [0.717, 1.165) is 23.7 Å². The van der Waals surface area contributed by atoms with E-state index in [1.165, 1.54) is 0 Å². The van der Waals surface area contributed by atoms with Crippen LogP contribution in [0.1, 0.15) is 11.5 Å². The van der Waals surface area contributed by atoms with Crippen LogP contribution in [-0.2, 0) is 6.54 Å². The summed E-state index contributed by atoms with van der Waals surface area (Å²) >= 11 is 0. The standard InChI is InChI=1S/C10H8N2O/c1-2-8-6-11-9-3-5-13-10(9)7-12(8)4-1/h1-6H,7H2. The minimum absolute atomic E-state index is 0.769. The molecule has 64 valence electrons. The van der Waals surface area contributed by atoms with Crippen LogP contribution >= 0.6 is 0 Å². The van der Waals surface area contributed by atoms with Gasteiger partial charge in [0.05, 0.1) is 24.7 Å². The second-order valence-electron chi connectivity index (χ2n) is 3.05. The van der Waals surface area contributed by atoms with Crippen molar-refractivity contribution < 1.29 is 4.42 Å². The molecule has 2 aromatic rings. The average Bonchev–Trinajstić information content (AvgIpc) is 2.72. The molecular formula is C10H8N2O. The van der Waals surface area contributed by atoms with Crippen molar-refractivity contribution in [3.05, 3.63) is 42.1 Å². The van der Waals surface area contributed by atoms with Gasteiger partial charge in [0, 0.05) is 12.3 Å². The maximum Gasteiger partial charge on any atom is 0.148 e. The van der Waals surface area contributed by atoms with Crippen LogP contribution in [0.4, 0.5) is 5.69 Å². The maximum absolute atomic E-state index is 5.33. The summed E-state index contributed by atoms with van der Waals surface area (Å²) in [4.78, 5) is 4.32. The number of aromatic nitrogens is 1. The lowest BCUT2D eigenvalue weighted by molar-refractivity contribution is 0.495. The Bertz CT molecular complexity index is 422. The van der Waals surface area contributed by atoms with E-state index in [-0.39, 0.29) is 0 Å². The molecule has 3 heterocycles. The molecule has 13 heavy (non-hydrogen) atoms. The normalized spacial score (nSPS) is 13.5. The van der Waals surface area contributed by atoms with Crippen molar-refractivity contribution in [3.8, 4) is 0 Å². The highest BCUT2D eigenvalue weighted by atomic mass is 16.3. The Hall–Kier alpha value is -1.77. The predicted molar refractivity (Wildman–Crippen MR) is 49.5 cm³/mol. The van der Waals surface area contributed by atoms with Crippen LogP contribution < -0.4 is 0 Å². The van der Waals surface area contributed by atoms with Gasteiger partial charge in [-0.05, 0) is 12.1 Å². The fourth-order valence-electron chi connectivity index (χ4n) is 1.55. The van der Waals surface area contributed by atoms with Gasteiger partial charge in [-0.15, -0.1) is 0 Å². The number of rotatable bonds is 0. The summed E-state index contributed by atoms with van der Waals surface area (Å²) in [5.41, 5.74) is 2.05. The molecule has 0 amide bonds. The van der Waals surface area contributed by atoms with Gasteiger partial charge in [0.25, 0.3) is 0 Å². The number of hydrogen-bond donors (Lipinski definition) is 0. The van der Waals surface area contributed by atoms with E-state index in [2.05, 4.69) is 9.56 Å². The quantitative estimate of drug-likeness (QED) is 0.511. The first-order valence-corrected chi connectivity index (χ1v) is 4.19. The van der Waals surface area contributed by atoms with Crippen molar-refractivity contribution in [2.45, 2.75) is 6.54 Å². The Labute approximate surface area is 75.3 Å². The van der Waals surface area contributed by atoms with Crippen LogP contribution in [-0.4, -0.2) is 10.8 Å². The van der Waals surface area contributed by atoms with Crippen molar-refractivity contribution in [1.29, 1.82) is 0 Å². The number of fused-ring (bicyclic) bond motifs is 2. The Morgan fingerprint density at radius 1 is 1.38 bits per heavy atom. The minimum Gasteiger partial charge on any atom is -0.465 e. The SMILES string of the molecule is C1=Nc2ccoc2Cn2cccc21. The lowest BCUT2D eigenvalue weighted by Crippen LogP contribution is -1.99. The molecule has 0 bridgehead atoms. The van der Waals surface area contributed by atoms with Gasteiger partial charge in [-0.25, -0.2) is 0 Å². The van der Waals surface area contributed by atoms with Gasteiger partial charge in [0.1, 0.15) is 11.4 Å². The third-order valence-electron chi connectivity index (χ3n) is 2.24. The molecule has 0 unspecified atom stereocenters. The van der Waals surface area contributed by atoms with Crippen molar-refractivity contribution in [2.75, 3.05) is 0 Å². The van der Waals surface area contributed by atoms with Crippen LogP contribution in [0.15, 0.2) is 40.1 Å². The van der Waals surface area contributed by atoms with Gasteiger partial charge >= 0.3 is 0 Å². The Morgan fingerprint density at radius 2 is 2.38 bits per heavy atom. The summed E-state index contributed by atoms with van der Waals surface area (Å²) in [6.45, 7) is 0.769. The Kier molecular flexibility index (Phi) is 1.22. The fraction of sp³-hybridized carbons (Fsp3) is 0.100. The van der Waals surface area contributed by atoms with E-state index >= 15 is 0 Å². The lowest BCUT2D eigenvalue weighted by Gasteiger charge is -2.00. The highest BCUT2D eigenvalue weighted by Gasteiger charge is 2.10. The third-order valence-corrected chi connectivity index (χ3v) is 2.24. The minimum atomic E-state index is 0.769. The van der Waals surface area contributed by atoms with E-state index in [1.807, 2.05) is 30.6 Å². The average molecular weight is 172 g/mol. The van der Waals surface area contributed by atoms with Crippen LogP contribution in [0.3, 0.4) is 0 Å². The summed E-state index contributed by atoms with van der Waals surface area (Å²) in [5, 5.41) is 0. The fourth-order valence-corrected chi connectivity index (χ4v) is 1.55. The molecule has 0 fully saturated rings. The van der Waals surface area contributed by atoms with E-state index in [1.54, 1.807) is 6.26 Å². The molecular weight excluding hydrogens is 164 g/mol. The zero-order valence-corrected chi connectivity index (χ0v) is 6.97. The van der Waals surface area contributed by atoms with Crippen molar-refractivity contribution in [3.63, 3.8) is 0 Å². The molecule has 0 aromatic carbocycles. The predicted octanol–water partition coefficient (Wildman–Crippen LogP) is 2.19. The molecule has 0 N–H and O–H groups in total. The van der Waals surface area contributed by atoms with E-state index in [4.69, 9.17) is 4.42 Å². The second-order valence-corrected chi connectivity index (χ2v) is 3.05. The highest BCUT2D eigenvalue weighted by Crippen LogP contribution is 2.24. The first-order valence-electron chi connectivity index (χ1n) is 4.19. The molecule has 3 heteroatoms. The van der Waals surface area contributed by atoms with E-state index < -0.39 is 0 Å². The van der Waals surface area contributed by atoms with E-state index in [9.17, 15) is 0 Å². The van der Waals surface area contributed by atoms with E-state index in [0.29, 0.717) is 0 Å². The maximum atomic E-state index is 5.33. The van der Waals surface area contributed by atoms with Crippen molar-refractivity contribution in [2.24, 2.45) is 4.99 Å². The van der Waals surface area contributed by atoms with Crippen LogP contribution in [0.25, 0.3) is 0 Å². The monoisotopic (exact) mass is 172 g/mol. The zero-order valence-electron chi connectivity index (χ0n) is 6.97. The largest absolute Gasteiger partial charge is 0.465 e. The number of aliphatic imine (C=N–C) groups is 1. The van der Waals surface area contributed by atoms with Gasteiger partial charge in [-0.3, -0.25) is 4.99 Å². The molecule has 1 aliphatic heterocycles. The molecule has 3 nitrogen and oxygen atoms in total. The molecule has 3 rings (SSSR count). The Balaban J connectivity index is 2.20. The third kappa shape index (κ3) is 0.935. The molecule has 0 aliphatic carbocycles. The first-order chi connectivity index (χ1) is 6.43. The summed E-state index contributed by atoms with van der Waals surface area (Å²) < 4.78 is 7.44. The van der Waals surface area contributed by atoms with Gasteiger partial charge in [-0.1, -0.05) is 0 Å². The van der Waals surface area contributed by atoms with Crippen molar-refractivity contribution in [1.82, 2.24) is 4.57 Å². The van der Waals surface area contributed by atoms with Crippen molar-refractivity contribution >= 4 is 11.9 Å². The van der Waals surface area contributed by atoms with Crippen LogP contribution in [0.5, 0.6) is 0 Å². The smallest absolute Gasteiger partial charge is 0.148 e. The molecule has 1 aliphatic rings. The van der Waals surface area contributed by atoms with Gasteiger partial charge < -0.3 is 8.98 Å². The molecule has 0 atom stereocenters. The Morgan fingerprint density at radius 3 is 3.38 bits per heavy atom. The molecule has 0 saturated carbocycles. The van der Waals surface area contributed by atoms with Crippen LogP contribution in [0, 0.1) is 0 Å². The summed E-state index contributed by atoms with van der Waals surface area (Å²) in [6.07, 6.45) is 5.57. The van der Waals surface area contributed by atoms with Gasteiger partial charge in [-0.2, -0.15) is 0 Å². The van der Waals surface area contributed by atoms with Gasteiger partial charge in [0.15, 0.2) is 0 Å². The van der Waals surface area contributed by atoms with Gasteiger partial charge in [0.2, 0.25) is 0 Å². The summed E-state index contributed by atoms with van der Waals surface area (Å²) in [7, 11) is 0. The summed E-state index contributed by atoms with van der Waals surface area (Å²) in [6, 6.07) is 5.93. The number of hydrogen-bond acceptors (Lipinski definition) is 2. The van der Waals surface area contributed by atoms with Crippen LogP contribution in [0.2, 0.25) is 0 Å². The lowest BCUT2D eigenvalue weighted by atomic mass is 10.4. The number of furan rings is 1.